The fraction of sp³-hybridized carbons (Fsp3) is 0.143. The van der Waals surface area contributed by atoms with Gasteiger partial charge in [0.2, 0.25) is 0 Å². The topological polar surface area (TPSA) is 49.4 Å². The standard InChI is InChI=1S/C21H19ClN2O2SSi/c22-19-8-7-18(27-19)20(25)23-17-6-2-5-15-16(17)11-24(21(15)26)10-13-3-1-4-14(9-13)12-28/h1-9H,10-12H2,28H3,(H,23,25). The zero-order valence-electron chi connectivity index (χ0n) is 15.4. The van der Waals surface area contributed by atoms with E-state index in [9.17, 15) is 9.59 Å². The first-order valence-corrected chi connectivity index (χ1v) is 11.7. The first-order chi connectivity index (χ1) is 13.5. The van der Waals surface area contributed by atoms with Crippen molar-refractivity contribution in [3.63, 3.8) is 0 Å². The van der Waals surface area contributed by atoms with Crippen molar-refractivity contribution in [2.24, 2.45) is 0 Å². The summed E-state index contributed by atoms with van der Waals surface area (Å²) >= 11 is 7.16. The number of benzene rings is 2. The molecule has 142 valence electrons. The molecular formula is C21H19ClN2O2SSi. The molecule has 3 aromatic rings. The Labute approximate surface area is 175 Å². The highest BCUT2D eigenvalue weighted by atomic mass is 35.5. The van der Waals surface area contributed by atoms with Crippen LogP contribution in [0.4, 0.5) is 5.69 Å². The molecule has 0 bridgehead atoms. The van der Waals surface area contributed by atoms with Crippen molar-refractivity contribution in [2.45, 2.75) is 19.1 Å². The number of nitrogens with zero attached hydrogens (tertiary/aromatic N) is 1. The van der Waals surface area contributed by atoms with Crippen LogP contribution in [-0.2, 0) is 19.1 Å². The number of anilines is 1. The lowest BCUT2D eigenvalue weighted by molar-refractivity contribution is 0.0766. The second-order valence-electron chi connectivity index (χ2n) is 6.72. The lowest BCUT2D eigenvalue weighted by atomic mass is 10.1. The molecule has 7 heteroatoms. The van der Waals surface area contributed by atoms with Gasteiger partial charge in [0, 0.05) is 40.1 Å². The van der Waals surface area contributed by atoms with Crippen LogP contribution in [0, 0.1) is 0 Å². The number of hydrogen-bond donors (Lipinski definition) is 1. The maximum atomic E-state index is 12.9. The van der Waals surface area contributed by atoms with Gasteiger partial charge in [-0.2, -0.15) is 0 Å². The van der Waals surface area contributed by atoms with Crippen molar-refractivity contribution in [2.75, 3.05) is 5.32 Å². The Kier molecular flexibility index (Phi) is 5.35. The third-order valence-corrected chi connectivity index (χ3v) is 6.91. The van der Waals surface area contributed by atoms with Crippen LogP contribution in [0.2, 0.25) is 4.34 Å². The van der Waals surface area contributed by atoms with Gasteiger partial charge in [0.25, 0.3) is 11.8 Å². The monoisotopic (exact) mass is 426 g/mol. The number of thiophene rings is 1. The van der Waals surface area contributed by atoms with Crippen molar-refractivity contribution in [3.8, 4) is 0 Å². The predicted octanol–water partition coefficient (Wildman–Crippen LogP) is 3.68. The van der Waals surface area contributed by atoms with Gasteiger partial charge in [0.1, 0.15) is 0 Å². The molecule has 1 aliphatic heterocycles. The van der Waals surface area contributed by atoms with Gasteiger partial charge in [0.05, 0.1) is 9.21 Å². The Balaban J connectivity index is 1.55. The Morgan fingerprint density at radius 1 is 1.14 bits per heavy atom. The summed E-state index contributed by atoms with van der Waals surface area (Å²) in [7, 11) is 1.12. The number of fused-ring (bicyclic) bond motifs is 1. The van der Waals surface area contributed by atoms with E-state index in [0.717, 1.165) is 27.4 Å². The van der Waals surface area contributed by atoms with Gasteiger partial charge in [0.15, 0.2) is 0 Å². The summed E-state index contributed by atoms with van der Waals surface area (Å²) < 4.78 is 0.571. The maximum Gasteiger partial charge on any atom is 0.265 e. The van der Waals surface area contributed by atoms with Crippen LogP contribution in [0.15, 0.2) is 54.6 Å². The molecule has 0 saturated heterocycles. The van der Waals surface area contributed by atoms with E-state index in [4.69, 9.17) is 11.6 Å². The number of carbonyl (C=O) groups excluding carboxylic acids is 2. The summed E-state index contributed by atoms with van der Waals surface area (Å²) in [6, 6.07) is 18.4. The lowest BCUT2D eigenvalue weighted by Crippen LogP contribution is -2.23. The summed E-state index contributed by atoms with van der Waals surface area (Å²) in [6.45, 7) is 1.05. The number of amides is 2. The molecule has 0 radical (unpaired) electrons. The molecule has 0 fully saturated rings. The minimum atomic E-state index is -0.212. The maximum absolute atomic E-state index is 12.9. The van der Waals surface area contributed by atoms with Crippen molar-refractivity contribution in [1.82, 2.24) is 4.90 Å². The first-order valence-electron chi connectivity index (χ1n) is 9.11. The molecule has 0 aliphatic carbocycles. The molecule has 4 nitrogen and oxygen atoms in total. The SMILES string of the molecule is O=C(Nc1cccc2c1CN(Cc1cccc(C[SiH3])c1)C2=O)c1ccc(Cl)s1. The summed E-state index contributed by atoms with van der Waals surface area (Å²) in [5, 5.41) is 2.93. The van der Waals surface area contributed by atoms with Gasteiger partial charge in [-0.3, -0.25) is 9.59 Å². The highest BCUT2D eigenvalue weighted by Crippen LogP contribution is 2.31. The van der Waals surface area contributed by atoms with Gasteiger partial charge < -0.3 is 10.2 Å². The van der Waals surface area contributed by atoms with E-state index in [-0.39, 0.29) is 11.8 Å². The fourth-order valence-electron chi connectivity index (χ4n) is 3.42. The van der Waals surface area contributed by atoms with Crippen LogP contribution in [-0.4, -0.2) is 27.0 Å². The summed E-state index contributed by atoms with van der Waals surface area (Å²) in [4.78, 5) is 27.7. The van der Waals surface area contributed by atoms with Crippen LogP contribution in [0.25, 0.3) is 0 Å². The van der Waals surface area contributed by atoms with Crippen molar-refractivity contribution < 1.29 is 9.59 Å². The van der Waals surface area contributed by atoms with E-state index in [0.29, 0.717) is 33.6 Å². The van der Waals surface area contributed by atoms with E-state index >= 15 is 0 Å². The van der Waals surface area contributed by atoms with E-state index in [1.54, 1.807) is 18.2 Å². The van der Waals surface area contributed by atoms with E-state index < -0.39 is 0 Å². The molecule has 0 saturated carbocycles. The molecule has 4 rings (SSSR count). The number of carbonyl (C=O) groups is 2. The number of nitrogens with one attached hydrogen (secondary N) is 1. The lowest BCUT2D eigenvalue weighted by Gasteiger charge is -2.16. The zero-order valence-corrected chi connectivity index (χ0v) is 18.9. The number of rotatable bonds is 5. The highest BCUT2D eigenvalue weighted by Gasteiger charge is 2.29. The second kappa shape index (κ2) is 7.91. The smallest absolute Gasteiger partial charge is 0.265 e. The third-order valence-electron chi connectivity index (χ3n) is 4.86. The molecule has 1 aromatic heterocycles. The number of hydrogen-bond acceptors (Lipinski definition) is 3. The third kappa shape index (κ3) is 3.76. The largest absolute Gasteiger partial charge is 0.330 e. The Bertz CT molecular complexity index is 1070. The molecular weight excluding hydrogens is 408 g/mol. The van der Waals surface area contributed by atoms with Gasteiger partial charge in [-0.05, 0) is 35.9 Å². The molecule has 0 atom stereocenters. The zero-order chi connectivity index (χ0) is 19.7. The molecule has 2 amide bonds. The Morgan fingerprint density at radius 3 is 2.68 bits per heavy atom. The molecule has 1 aliphatic rings. The van der Waals surface area contributed by atoms with Gasteiger partial charge >= 0.3 is 0 Å². The average molecular weight is 427 g/mol. The normalized spacial score (nSPS) is 13.0. The van der Waals surface area contributed by atoms with Gasteiger partial charge in [-0.1, -0.05) is 47.5 Å². The molecule has 0 unspecified atom stereocenters. The van der Waals surface area contributed by atoms with Crippen LogP contribution in [0.5, 0.6) is 0 Å². The van der Waals surface area contributed by atoms with Gasteiger partial charge in [-0.25, -0.2) is 0 Å². The molecule has 1 N–H and O–H groups in total. The number of halogens is 1. The van der Waals surface area contributed by atoms with Crippen molar-refractivity contribution >= 4 is 50.7 Å². The molecule has 2 heterocycles. The molecule has 2 aromatic carbocycles. The van der Waals surface area contributed by atoms with E-state index in [1.165, 1.54) is 16.9 Å². The minimum Gasteiger partial charge on any atom is -0.330 e. The Hall–Kier alpha value is -2.41. The van der Waals surface area contributed by atoms with Crippen LogP contribution < -0.4 is 5.32 Å². The second-order valence-corrected chi connectivity index (χ2v) is 9.15. The van der Waals surface area contributed by atoms with Crippen molar-refractivity contribution in [1.29, 1.82) is 0 Å². The summed E-state index contributed by atoms with van der Waals surface area (Å²) in [5.74, 6) is -0.211. The van der Waals surface area contributed by atoms with Crippen LogP contribution >= 0.6 is 22.9 Å². The van der Waals surface area contributed by atoms with E-state index in [1.807, 2.05) is 23.1 Å². The highest BCUT2D eigenvalue weighted by molar-refractivity contribution is 7.18. The summed E-state index contributed by atoms with van der Waals surface area (Å²) in [5.41, 5.74) is 4.64. The fourth-order valence-corrected chi connectivity index (χ4v) is 4.80. The Morgan fingerprint density at radius 2 is 1.93 bits per heavy atom. The van der Waals surface area contributed by atoms with Crippen molar-refractivity contribution in [3.05, 3.63) is 86.1 Å². The molecule has 28 heavy (non-hydrogen) atoms. The van der Waals surface area contributed by atoms with Crippen LogP contribution in [0.1, 0.15) is 36.7 Å². The quantitative estimate of drug-likeness (QED) is 0.633. The summed E-state index contributed by atoms with van der Waals surface area (Å²) in [6.07, 6.45) is 0. The molecule has 0 spiro atoms. The minimum absolute atomic E-state index is 0.00143. The predicted molar refractivity (Wildman–Crippen MR) is 117 cm³/mol. The van der Waals surface area contributed by atoms with Crippen LogP contribution in [0.3, 0.4) is 0 Å². The van der Waals surface area contributed by atoms with Gasteiger partial charge in [-0.15, -0.1) is 11.3 Å². The average Bonchev–Trinajstić information content (AvgIpc) is 3.27. The first kappa shape index (κ1) is 18.9. The van der Waals surface area contributed by atoms with E-state index in [2.05, 4.69) is 23.5 Å².